The molecule has 0 saturated carbocycles. The first kappa shape index (κ1) is 8.50. The molecular formula is C9H9BrO. The maximum absolute atomic E-state index is 9.29. The number of benzene rings is 1. The van der Waals surface area contributed by atoms with Crippen LogP contribution in [0.3, 0.4) is 0 Å². The molecule has 0 aliphatic heterocycles. The van der Waals surface area contributed by atoms with Crippen LogP contribution in [-0.4, -0.2) is 5.11 Å². The van der Waals surface area contributed by atoms with Crippen LogP contribution in [0.25, 0.3) is 0 Å². The molecule has 1 atom stereocenters. The van der Waals surface area contributed by atoms with Crippen molar-refractivity contribution < 1.29 is 5.11 Å². The van der Waals surface area contributed by atoms with Crippen LogP contribution in [0.2, 0.25) is 0 Å². The van der Waals surface area contributed by atoms with Gasteiger partial charge in [-0.3, -0.25) is 0 Å². The Morgan fingerprint density at radius 1 is 1.36 bits per heavy atom. The van der Waals surface area contributed by atoms with E-state index in [9.17, 15) is 5.11 Å². The predicted octanol–water partition coefficient (Wildman–Crippen LogP) is 2.67. The number of aliphatic hydroxyl groups is 1. The number of hydrogen-bond acceptors (Lipinski definition) is 1. The minimum absolute atomic E-state index is 0.553. The second-order valence-corrected chi connectivity index (χ2v) is 3.15. The van der Waals surface area contributed by atoms with Crippen molar-refractivity contribution in [2.24, 2.45) is 0 Å². The highest BCUT2D eigenvalue weighted by Gasteiger charge is 1.99. The first-order valence-electron chi connectivity index (χ1n) is 3.30. The lowest BCUT2D eigenvalue weighted by molar-refractivity contribution is 0.229. The Hall–Kier alpha value is -0.600. The number of aliphatic hydroxyl groups excluding tert-OH is 1. The van der Waals surface area contributed by atoms with E-state index in [1.807, 2.05) is 24.3 Å². The van der Waals surface area contributed by atoms with E-state index in [0.717, 1.165) is 10.0 Å². The van der Waals surface area contributed by atoms with Gasteiger partial charge in [0.15, 0.2) is 0 Å². The fourth-order valence-corrected chi connectivity index (χ4v) is 1.06. The fourth-order valence-electron chi connectivity index (χ4n) is 0.796. The number of rotatable bonds is 2. The lowest BCUT2D eigenvalue weighted by Gasteiger charge is -2.03. The first-order chi connectivity index (χ1) is 5.24. The maximum atomic E-state index is 9.29. The Morgan fingerprint density at radius 3 is 2.36 bits per heavy atom. The number of hydrogen-bond donors (Lipinski definition) is 1. The summed E-state index contributed by atoms with van der Waals surface area (Å²) in [4.78, 5) is 0. The van der Waals surface area contributed by atoms with Gasteiger partial charge in [0, 0.05) is 4.47 Å². The Balaban J connectivity index is 2.89. The van der Waals surface area contributed by atoms with Crippen LogP contribution in [0.4, 0.5) is 0 Å². The van der Waals surface area contributed by atoms with Crippen LogP contribution < -0.4 is 0 Å². The van der Waals surface area contributed by atoms with E-state index in [2.05, 4.69) is 22.5 Å². The molecule has 0 spiro atoms. The minimum atomic E-state index is -0.553. The average Bonchev–Trinajstić information content (AvgIpc) is 2.05. The molecule has 0 heterocycles. The highest BCUT2D eigenvalue weighted by molar-refractivity contribution is 9.10. The highest BCUT2D eigenvalue weighted by atomic mass is 79.9. The Kier molecular flexibility index (Phi) is 2.85. The van der Waals surface area contributed by atoms with Gasteiger partial charge in [0.2, 0.25) is 0 Å². The summed E-state index contributed by atoms with van der Waals surface area (Å²) in [5, 5.41) is 9.29. The van der Waals surface area contributed by atoms with Crippen molar-refractivity contribution in [1.82, 2.24) is 0 Å². The molecule has 0 saturated heterocycles. The third kappa shape index (κ3) is 2.17. The second-order valence-electron chi connectivity index (χ2n) is 2.23. The van der Waals surface area contributed by atoms with Gasteiger partial charge >= 0.3 is 0 Å². The topological polar surface area (TPSA) is 20.2 Å². The molecular weight excluding hydrogens is 204 g/mol. The van der Waals surface area contributed by atoms with E-state index in [1.165, 1.54) is 6.08 Å². The molecule has 2 heteroatoms. The van der Waals surface area contributed by atoms with Crippen LogP contribution >= 0.6 is 15.9 Å². The summed E-state index contributed by atoms with van der Waals surface area (Å²) in [5.41, 5.74) is 0.864. The van der Waals surface area contributed by atoms with Crippen molar-refractivity contribution in [3.8, 4) is 0 Å². The Labute approximate surface area is 74.5 Å². The molecule has 1 aromatic rings. The third-order valence-corrected chi connectivity index (χ3v) is 1.96. The SMILES string of the molecule is C=C[C@H](O)c1ccc(Br)cc1. The standard InChI is InChI=1S/C9H9BrO/c1-2-9(11)7-3-5-8(10)6-4-7/h2-6,9,11H,1H2/t9-/m0/s1. The zero-order valence-electron chi connectivity index (χ0n) is 6.00. The van der Waals surface area contributed by atoms with E-state index in [-0.39, 0.29) is 0 Å². The maximum Gasteiger partial charge on any atom is 0.0969 e. The molecule has 0 bridgehead atoms. The molecule has 0 radical (unpaired) electrons. The van der Waals surface area contributed by atoms with Gasteiger partial charge in [0.05, 0.1) is 6.10 Å². The Morgan fingerprint density at radius 2 is 1.91 bits per heavy atom. The zero-order valence-corrected chi connectivity index (χ0v) is 7.58. The van der Waals surface area contributed by atoms with E-state index in [0.29, 0.717) is 0 Å². The van der Waals surface area contributed by atoms with Crippen LogP contribution in [0, 0.1) is 0 Å². The lowest BCUT2D eigenvalue weighted by Crippen LogP contribution is -1.90. The molecule has 1 aromatic carbocycles. The molecule has 1 nitrogen and oxygen atoms in total. The van der Waals surface area contributed by atoms with Gasteiger partial charge in [-0.25, -0.2) is 0 Å². The van der Waals surface area contributed by atoms with Gasteiger partial charge in [0.25, 0.3) is 0 Å². The summed E-state index contributed by atoms with van der Waals surface area (Å²) in [7, 11) is 0. The molecule has 58 valence electrons. The summed E-state index contributed by atoms with van der Waals surface area (Å²) >= 11 is 3.31. The van der Waals surface area contributed by atoms with E-state index >= 15 is 0 Å². The lowest BCUT2D eigenvalue weighted by atomic mass is 10.1. The first-order valence-corrected chi connectivity index (χ1v) is 4.09. The summed E-state index contributed by atoms with van der Waals surface area (Å²) in [5.74, 6) is 0. The van der Waals surface area contributed by atoms with Crippen molar-refractivity contribution in [3.05, 3.63) is 47.0 Å². The van der Waals surface area contributed by atoms with Crippen molar-refractivity contribution in [2.75, 3.05) is 0 Å². The largest absolute Gasteiger partial charge is 0.384 e. The van der Waals surface area contributed by atoms with Crippen molar-refractivity contribution >= 4 is 15.9 Å². The van der Waals surface area contributed by atoms with Gasteiger partial charge in [-0.05, 0) is 17.7 Å². The molecule has 11 heavy (non-hydrogen) atoms. The van der Waals surface area contributed by atoms with Crippen LogP contribution in [0.1, 0.15) is 11.7 Å². The quantitative estimate of drug-likeness (QED) is 0.748. The third-order valence-electron chi connectivity index (χ3n) is 1.43. The van der Waals surface area contributed by atoms with Gasteiger partial charge in [-0.2, -0.15) is 0 Å². The van der Waals surface area contributed by atoms with Crippen molar-refractivity contribution in [3.63, 3.8) is 0 Å². The average molecular weight is 213 g/mol. The molecule has 0 aromatic heterocycles. The van der Waals surface area contributed by atoms with Crippen molar-refractivity contribution in [2.45, 2.75) is 6.10 Å². The molecule has 0 aliphatic carbocycles. The van der Waals surface area contributed by atoms with Gasteiger partial charge in [-0.15, -0.1) is 6.58 Å². The molecule has 1 rings (SSSR count). The molecule has 0 fully saturated rings. The molecule has 0 aliphatic rings. The summed E-state index contributed by atoms with van der Waals surface area (Å²) in [6.07, 6.45) is 0.951. The smallest absolute Gasteiger partial charge is 0.0969 e. The normalized spacial score (nSPS) is 12.5. The van der Waals surface area contributed by atoms with E-state index < -0.39 is 6.10 Å². The van der Waals surface area contributed by atoms with E-state index in [4.69, 9.17) is 0 Å². The molecule has 1 N–H and O–H groups in total. The highest BCUT2D eigenvalue weighted by Crippen LogP contribution is 2.16. The van der Waals surface area contributed by atoms with Crippen LogP contribution in [0.15, 0.2) is 41.4 Å². The van der Waals surface area contributed by atoms with Gasteiger partial charge in [-0.1, -0.05) is 34.1 Å². The molecule has 0 amide bonds. The van der Waals surface area contributed by atoms with Crippen LogP contribution in [0.5, 0.6) is 0 Å². The van der Waals surface area contributed by atoms with Crippen molar-refractivity contribution in [1.29, 1.82) is 0 Å². The monoisotopic (exact) mass is 212 g/mol. The second kappa shape index (κ2) is 3.69. The summed E-state index contributed by atoms with van der Waals surface area (Å²) < 4.78 is 1.01. The van der Waals surface area contributed by atoms with Crippen LogP contribution in [-0.2, 0) is 0 Å². The van der Waals surface area contributed by atoms with Gasteiger partial charge < -0.3 is 5.11 Å². The minimum Gasteiger partial charge on any atom is -0.384 e. The summed E-state index contributed by atoms with van der Waals surface area (Å²) in [6.45, 7) is 3.50. The Bertz CT molecular complexity index is 240. The zero-order chi connectivity index (χ0) is 8.27. The van der Waals surface area contributed by atoms with Gasteiger partial charge in [0.1, 0.15) is 0 Å². The molecule has 0 unspecified atom stereocenters. The summed E-state index contributed by atoms with van der Waals surface area (Å²) in [6, 6.07) is 7.50. The predicted molar refractivity (Wildman–Crippen MR) is 49.3 cm³/mol. The fraction of sp³-hybridized carbons (Fsp3) is 0.111. The number of halogens is 1. The van der Waals surface area contributed by atoms with E-state index in [1.54, 1.807) is 0 Å².